The Morgan fingerprint density at radius 3 is 2.29 bits per heavy atom. The summed E-state index contributed by atoms with van der Waals surface area (Å²) in [7, 11) is 0. The van der Waals surface area contributed by atoms with Crippen molar-refractivity contribution in [2.45, 2.75) is 38.2 Å². The first-order chi connectivity index (χ1) is 6.41. The Labute approximate surface area is 78.9 Å². The zero-order valence-corrected chi connectivity index (χ0v) is 7.64. The second kappa shape index (κ2) is 3.74. The molecule has 0 radical (unpaired) electrons. The average Bonchev–Trinajstić information content (AvgIpc) is 2.89. The van der Waals surface area contributed by atoms with Crippen LogP contribution in [0.3, 0.4) is 0 Å². The molecule has 82 valence electrons. The summed E-state index contributed by atoms with van der Waals surface area (Å²) in [5.74, 6) is -6.30. The van der Waals surface area contributed by atoms with Crippen molar-refractivity contribution in [3.63, 3.8) is 0 Å². The normalized spacial score (nSPS) is 17.3. The van der Waals surface area contributed by atoms with E-state index in [4.69, 9.17) is 0 Å². The standard InChI is InChI=1S/C8H11F4NO/c1-2-13(5-3-4-5)7(14)8(11,12)6(9)10/h5-6H,2-4H2,1H3. The quantitative estimate of drug-likeness (QED) is 0.653. The van der Waals surface area contributed by atoms with Crippen molar-refractivity contribution in [2.24, 2.45) is 0 Å². The minimum Gasteiger partial charge on any atom is -0.335 e. The summed E-state index contributed by atoms with van der Waals surface area (Å²) < 4.78 is 48.9. The summed E-state index contributed by atoms with van der Waals surface area (Å²) in [6.45, 7) is 1.55. The fourth-order valence-corrected chi connectivity index (χ4v) is 1.24. The fourth-order valence-electron chi connectivity index (χ4n) is 1.24. The van der Waals surface area contributed by atoms with E-state index in [0.29, 0.717) is 12.8 Å². The van der Waals surface area contributed by atoms with E-state index in [9.17, 15) is 22.4 Å². The molecule has 0 heterocycles. The molecule has 0 aromatic rings. The molecule has 1 aliphatic rings. The second-order valence-electron chi connectivity index (χ2n) is 3.25. The van der Waals surface area contributed by atoms with Gasteiger partial charge in [-0.15, -0.1) is 0 Å². The van der Waals surface area contributed by atoms with E-state index in [2.05, 4.69) is 0 Å². The lowest BCUT2D eigenvalue weighted by Gasteiger charge is -2.25. The number of hydrogen-bond acceptors (Lipinski definition) is 1. The third-order valence-corrected chi connectivity index (χ3v) is 2.15. The molecule has 14 heavy (non-hydrogen) atoms. The van der Waals surface area contributed by atoms with Gasteiger partial charge in [-0.3, -0.25) is 4.79 Å². The van der Waals surface area contributed by atoms with Crippen molar-refractivity contribution in [3.8, 4) is 0 Å². The first-order valence-corrected chi connectivity index (χ1v) is 4.38. The van der Waals surface area contributed by atoms with Gasteiger partial charge in [-0.2, -0.15) is 8.78 Å². The maximum atomic E-state index is 12.6. The van der Waals surface area contributed by atoms with Crippen LogP contribution in [0.2, 0.25) is 0 Å². The highest BCUT2D eigenvalue weighted by atomic mass is 19.3. The van der Waals surface area contributed by atoms with Crippen molar-refractivity contribution >= 4 is 5.91 Å². The Hall–Kier alpha value is -0.810. The van der Waals surface area contributed by atoms with Gasteiger partial charge in [-0.25, -0.2) is 8.78 Å². The molecule has 1 saturated carbocycles. The molecule has 0 saturated heterocycles. The summed E-state index contributed by atoms with van der Waals surface area (Å²) >= 11 is 0. The van der Waals surface area contributed by atoms with E-state index in [1.807, 2.05) is 0 Å². The summed E-state index contributed by atoms with van der Waals surface area (Å²) in [6.07, 6.45) is -2.68. The molecule has 1 rings (SSSR count). The van der Waals surface area contributed by atoms with Crippen LogP contribution in [0, 0.1) is 0 Å². The van der Waals surface area contributed by atoms with Crippen molar-refractivity contribution in [3.05, 3.63) is 0 Å². The molecule has 1 amide bonds. The Morgan fingerprint density at radius 2 is 2.00 bits per heavy atom. The lowest BCUT2D eigenvalue weighted by atomic mass is 10.3. The number of rotatable bonds is 4. The van der Waals surface area contributed by atoms with Gasteiger partial charge < -0.3 is 4.90 Å². The largest absolute Gasteiger partial charge is 0.383 e. The van der Waals surface area contributed by atoms with Crippen molar-refractivity contribution in [1.82, 2.24) is 4.90 Å². The van der Waals surface area contributed by atoms with E-state index in [1.165, 1.54) is 6.92 Å². The Morgan fingerprint density at radius 1 is 1.50 bits per heavy atom. The van der Waals surface area contributed by atoms with Crippen LogP contribution in [0.15, 0.2) is 0 Å². The highest BCUT2D eigenvalue weighted by Gasteiger charge is 2.53. The van der Waals surface area contributed by atoms with Crippen molar-refractivity contribution in [1.29, 1.82) is 0 Å². The molecule has 1 fully saturated rings. The predicted molar refractivity (Wildman–Crippen MR) is 41.4 cm³/mol. The molecule has 0 N–H and O–H groups in total. The lowest BCUT2D eigenvalue weighted by Crippen LogP contribution is -2.48. The first-order valence-electron chi connectivity index (χ1n) is 4.38. The number of carbonyl (C=O) groups excluding carboxylic acids is 1. The minimum absolute atomic E-state index is 0.0474. The smallest absolute Gasteiger partial charge is 0.335 e. The van der Waals surface area contributed by atoms with Gasteiger partial charge in [0.1, 0.15) is 0 Å². The molecule has 0 unspecified atom stereocenters. The Kier molecular flexibility index (Phi) is 3.01. The third kappa shape index (κ3) is 1.99. The SMILES string of the molecule is CCN(C(=O)C(F)(F)C(F)F)C1CC1. The van der Waals surface area contributed by atoms with Gasteiger partial charge in [0.15, 0.2) is 0 Å². The van der Waals surface area contributed by atoms with Crippen molar-refractivity contribution < 1.29 is 22.4 Å². The highest BCUT2D eigenvalue weighted by molar-refractivity contribution is 5.84. The predicted octanol–water partition coefficient (Wildman–Crippen LogP) is 1.90. The average molecular weight is 213 g/mol. The topological polar surface area (TPSA) is 20.3 Å². The summed E-state index contributed by atoms with van der Waals surface area (Å²) in [4.78, 5) is 11.8. The lowest BCUT2D eigenvalue weighted by molar-refractivity contribution is -0.181. The molecule has 6 heteroatoms. The van der Waals surface area contributed by atoms with E-state index < -0.39 is 18.3 Å². The van der Waals surface area contributed by atoms with Crippen LogP contribution in [-0.2, 0) is 4.79 Å². The maximum Gasteiger partial charge on any atom is 0.383 e. The highest BCUT2D eigenvalue weighted by Crippen LogP contribution is 2.32. The molecule has 0 aliphatic heterocycles. The second-order valence-corrected chi connectivity index (χ2v) is 3.25. The molecular weight excluding hydrogens is 202 g/mol. The van der Waals surface area contributed by atoms with Gasteiger partial charge in [0, 0.05) is 12.6 Å². The van der Waals surface area contributed by atoms with Crippen LogP contribution >= 0.6 is 0 Å². The number of amides is 1. The van der Waals surface area contributed by atoms with Crippen molar-refractivity contribution in [2.75, 3.05) is 6.54 Å². The zero-order chi connectivity index (χ0) is 10.9. The number of hydrogen-bond donors (Lipinski definition) is 0. The number of alkyl halides is 4. The van der Waals surface area contributed by atoms with Gasteiger partial charge >= 0.3 is 12.3 Å². The van der Waals surface area contributed by atoms with Gasteiger partial charge in [0.25, 0.3) is 5.91 Å². The molecular formula is C8H11F4NO. The molecule has 0 aromatic carbocycles. The van der Waals surface area contributed by atoms with Crippen LogP contribution in [0.25, 0.3) is 0 Å². The summed E-state index contributed by atoms with van der Waals surface area (Å²) in [6, 6.07) is -0.267. The molecule has 2 nitrogen and oxygen atoms in total. The third-order valence-electron chi connectivity index (χ3n) is 2.15. The molecule has 0 atom stereocenters. The number of halogens is 4. The molecule has 0 bridgehead atoms. The van der Waals surface area contributed by atoms with E-state index in [-0.39, 0.29) is 12.6 Å². The number of carbonyl (C=O) groups is 1. The molecule has 0 spiro atoms. The number of nitrogens with zero attached hydrogens (tertiary/aromatic N) is 1. The van der Waals surface area contributed by atoms with E-state index in [1.54, 1.807) is 0 Å². The minimum atomic E-state index is -4.54. The van der Waals surface area contributed by atoms with Gasteiger partial charge in [-0.05, 0) is 19.8 Å². The van der Waals surface area contributed by atoms with Crippen LogP contribution in [-0.4, -0.2) is 35.7 Å². The van der Waals surface area contributed by atoms with Crippen LogP contribution < -0.4 is 0 Å². The summed E-state index contributed by atoms with van der Waals surface area (Å²) in [5.41, 5.74) is 0. The van der Waals surface area contributed by atoms with Crippen LogP contribution in [0.4, 0.5) is 17.6 Å². The maximum absolute atomic E-state index is 12.6. The van der Waals surface area contributed by atoms with Gasteiger partial charge in [-0.1, -0.05) is 0 Å². The van der Waals surface area contributed by atoms with Crippen LogP contribution in [0.1, 0.15) is 19.8 Å². The Balaban J connectivity index is 2.70. The zero-order valence-electron chi connectivity index (χ0n) is 7.64. The first kappa shape index (κ1) is 11.3. The van der Waals surface area contributed by atoms with E-state index >= 15 is 0 Å². The van der Waals surface area contributed by atoms with Gasteiger partial charge in [0.2, 0.25) is 0 Å². The summed E-state index contributed by atoms with van der Waals surface area (Å²) in [5, 5.41) is 0. The fraction of sp³-hybridized carbons (Fsp3) is 0.875. The van der Waals surface area contributed by atoms with Crippen LogP contribution in [0.5, 0.6) is 0 Å². The monoisotopic (exact) mass is 213 g/mol. The molecule has 1 aliphatic carbocycles. The Bertz CT molecular complexity index is 227. The molecule has 0 aromatic heterocycles. The van der Waals surface area contributed by atoms with Gasteiger partial charge in [0.05, 0.1) is 0 Å². The van der Waals surface area contributed by atoms with E-state index in [0.717, 1.165) is 4.90 Å².